The van der Waals surface area contributed by atoms with Crippen molar-refractivity contribution in [2.24, 2.45) is 5.92 Å². The Labute approximate surface area is 79.0 Å². The van der Waals surface area contributed by atoms with E-state index in [0.717, 1.165) is 19.5 Å². The van der Waals surface area contributed by atoms with Crippen LogP contribution in [0.25, 0.3) is 0 Å². The zero-order chi connectivity index (χ0) is 9.68. The van der Waals surface area contributed by atoms with Gasteiger partial charge in [0, 0.05) is 13.6 Å². The van der Waals surface area contributed by atoms with Crippen LogP contribution in [0, 0.1) is 5.92 Å². The van der Waals surface area contributed by atoms with Gasteiger partial charge in [-0.15, -0.1) is 0 Å². The van der Waals surface area contributed by atoms with Gasteiger partial charge in [-0.05, 0) is 18.9 Å². The van der Waals surface area contributed by atoms with E-state index in [0.29, 0.717) is 5.92 Å². The van der Waals surface area contributed by atoms with Crippen LogP contribution in [-0.2, 0) is 9.53 Å². The average molecular weight is 186 g/mol. The summed E-state index contributed by atoms with van der Waals surface area (Å²) >= 11 is 0. The van der Waals surface area contributed by atoms with Gasteiger partial charge in [-0.3, -0.25) is 4.79 Å². The normalized spacial score (nSPS) is 28.5. The number of carbonyl (C=O) groups excluding carboxylic acids is 1. The first kappa shape index (κ1) is 10.5. The lowest BCUT2D eigenvalue weighted by atomic mass is 9.97. The van der Waals surface area contributed by atoms with Crippen LogP contribution in [0.15, 0.2) is 0 Å². The number of likely N-dealkylation sites (N-methyl/N-ethyl adjacent to an activating group) is 1. The molecule has 0 spiro atoms. The monoisotopic (exact) mass is 186 g/mol. The minimum absolute atomic E-state index is 0.0576. The van der Waals surface area contributed by atoms with Crippen LogP contribution in [0.2, 0.25) is 0 Å². The lowest BCUT2D eigenvalue weighted by Gasteiger charge is -2.29. The minimum atomic E-state index is -0.0576. The topological polar surface area (TPSA) is 50.4 Å². The largest absolute Gasteiger partial charge is 0.367 e. The van der Waals surface area contributed by atoms with Gasteiger partial charge in [-0.2, -0.15) is 0 Å². The molecule has 13 heavy (non-hydrogen) atoms. The van der Waals surface area contributed by atoms with E-state index in [4.69, 9.17) is 4.74 Å². The number of hydrogen-bond donors (Lipinski definition) is 2. The smallest absolute Gasteiger partial charge is 0.245 e. The average Bonchev–Trinajstić information content (AvgIpc) is 2.16. The third-order valence-corrected chi connectivity index (χ3v) is 2.46. The van der Waals surface area contributed by atoms with Gasteiger partial charge < -0.3 is 15.4 Å². The van der Waals surface area contributed by atoms with Crippen LogP contribution in [-0.4, -0.2) is 38.8 Å². The Kier molecular flexibility index (Phi) is 4.18. The second kappa shape index (κ2) is 5.19. The summed E-state index contributed by atoms with van der Waals surface area (Å²) in [6.45, 7) is 4.25. The molecule has 1 aliphatic heterocycles. The molecule has 4 nitrogen and oxygen atoms in total. The standard InChI is InChI=1S/C9H18N2O2/c1-7-3-4-11-5-8(7)13-6-9(12)10-2/h7-8,11H,3-6H2,1-2H3,(H,10,12). The van der Waals surface area contributed by atoms with E-state index in [2.05, 4.69) is 17.6 Å². The third-order valence-electron chi connectivity index (χ3n) is 2.46. The van der Waals surface area contributed by atoms with Crippen LogP contribution < -0.4 is 10.6 Å². The summed E-state index contributed by atoms with van der Waals surface area (Å²) in [5.41, 5.74) is 0. The molecule has 1 rings (SSSR count). The summed E-state index contributed by atoms with van der Waals surface area (Å²) in [4.78, 5) is 10.9. The minimum Gasteiger partial charge on any atom is -0.367 e. The molecule has 1 aliphatic rings. The molecule has 0 aromatic rings. The zero-order valence-corrected chi connectivity index (χ0v) is 8.30. The lowest BCUT2D eigenvalue weighted by Crippen LogP contribution is -2.42. The molecule has 0 bridgehead atoms. The molecule has 4 heteroatoms. The maximum atomic E-state index is 10.9. The van der Waals surface area contributed by atoms with Crippen molar-refractivity contribution in [3.8, 4) is 0 Å². The van der Waals surface area contributed by atoms with Crippen LogP contribution in [0.3, 0.4) is 0 Å². The Hall–Kier alpha value is -0.610. The summed E-state index contributed by atoms with van der Waals surface area (Å²) in [5.74, 6) is 0.490. The van der Waals surface area contributed by atoms with E-state index in [9.17, 15) is 4.79 Å². The molecule has 1 amide bonds. The molecule has 0 saturated carbocycles. The number of ether oxygens (including phenoxy) is 1. The van der Waals surface area contributed by atoms with Crippen LogP contribution in [0.4, 0.5) is 0 Å². The molecule has 0 aromatic heterocycles. The molecule has 0 radical (unpaired) electrons. The van der Waals surface area contributed by atoms with Crippen molar-refractivity contribution in [2.45, 2.75) is 19.4 Å². The maximum absolute atomic E-state index is 10.9. The Morgan fingerprint density at radius 3 is 3.08 bits per heavy atom. The third kappa shape index (κ3) is 3.32. The van der Waals surface area contributed by atoms with E-state index in [1.165, 1.54) is 0 Å². The molecular formula is C9H18N2O2. The van der Waals surface area contributed by atoms with Crippen molar-refractivity contribution in [1.29, 1.82) is 0 Å². The SMILES string of the molecule is CNC(=O)COC1CNCCC1C. The fourth-order valence-electron chi connectivity index (χ4n) is 1.44. The Morgan fingerprint density at radius 2 is 2.46 bits per heavy atom. The second-order valence-corrected chi connectivity index (χ2v) is 3.49. The molecule has 1 heterocycles. The quantitative estimate of drug-likeness (QED) is 0.639. The van der Waals surface area contributed by atoms with Crippen LogP contribution in [0.1, 0.15) is 13.3 Å². The number of carbonyl (C=O) groups is 1. The predicted molar refractivity (Wildman–Crippen MR) is 50.5 cm³/mol. The molecule has 2 unspecified atom stereocenters. The summed E-state index contributed by atoms with van der Waals surface area (Å²) in [7, 11) is 1.62. The molecular weight excluding hydrogens is 168 g/mol. The first-order valence-electron chi connectivity index (χ1n) is 4.77. The molecule has 0 aromatic carbocycles. The highest BCUT2D eigenvalue weighted by molar-refractivity contribution is 5.76. The van der Waals surface area contributed by atoms with Crippen molar-refractivity contribution in [3.63, 3.8) is 0 Å². The van der Waals surface area contributed by atoms with Gasteiger partial charge in [0.05, 0.1) is 6.10 Å². The summed E-state index contributed by atoms with van der Waals surface area (Å²) < 4.78 is 5.47. The first-order chi connectivity index (χ1) is 6.24. The number of hydrogen-bond acceptors (Lipinski definition) is 3. The highest BCUT2D eigenvalue weighted by Crippen LogP contribution is 2.14. The Balaban J connectivity index is 2.22. The number of amides is 1. The van der Waals surface area contributed by atoms with Gasteiger partial charge in [0.2, 0.25) is 5.91 Å². The van der Waals surface area contributed by atoms with E-state index in [1.54, 1.807) is 7.05 Å². The number of rotatable bonds is 3. The van der Waals surface area contributed by atoms with E-state index in [1.807, 2.05) is 0 Å². The van der Waals surface area contributed by atoms with E-state index in [-0.39, 0.29) is 18.6 Å². The van der Waals surface area contributed by atoms with Gasteiger partial charge in [-0.1, -0.05) is 6.92 Å². The molecule has 1 saturated heterocycles. The van der Waals surface area contributed by atoms with Crippen LogP contribution in [0.5, 0.6) is 0 Å². The van der Waals surface area contributed by atoms with Gasteiger partial charge in [0.25, 0.3) is 0 Å². The zero-order valence-electron chi connectivity index (χ0n) is 8.30. The first-order valence-corrected chi connectivity index (χ1v) is 4.77. The van der Waals surface area contributed by atoms with Gasteiger partial charge in [-0.25, -0.2) is 0 Å². The van der Waals surface area contributed by atoms with Gasteiger partial charge in [0.15, 0.2) is 0 Å². The maximum Gasteiger partial charge on any atom is 0.245 e. The van der Waals surface area contributed by atoms with Crippen molar-refractivity contribution < 1.29 is 9.53 Å². The van der Waals surface area contributed by atoms with Crippen molar-refractivity contribution in [1.82, 2.24) is 10.6 Å². The Bertz CT molecular complexity index is 173. The summed E-state index contributed by atoms with van der Waals surface area (Å²) in [6, 6.07) is 0. The van der Waals surface area contributed by atoms with Crippen molar-refractivity contribution in [2.75, 3.05) is 26.7 Å². The molecule has 0 aliphatic carbocycles. The van der Waals surface area contributed by atoms with E-state index < -0.39 is 0 Å². The van der Waals surface area contributed by atoms with Crippen LogP contribution >= 0.6 is 0 Å². The molecule has 76 valence electrons. The lowest BCUT2D eigenvalue weighted by molar-refractivity contribution is -0.128. The molecule has 2 N–H and O–H groups in total. The van der Waals surface area contributed by atoms with E-state index >= 15 is 0 Å². The van der Waals surface area contributed by atoms with Crippen molar-refractivity contribution >= 4 is 5.91 Å². The molecule has 2 atom stereocenters. The summed E-state index contributed by atoms with van der Waals surface area (Å²) in [5, 5.41) is 5.79. The van der Waals surface area contributed by atoms with Gasteiger partial charge in [0.1, 0.15) is 6.61 Å². The van der Waals surface area contributed by atoms with Gasteiger partial charge >= 0.3 is 0 Å². The molecule has 1 fully saturated rings. The van der Waals surface area contributed by atoms with Crippen molar-refractivity contribution in [3.05, 3.63) is 0 Å². The highest BCUT2D eigenvalue weighted by Gasteiger charge is 2.21. The fraction of sp³-hybridized carbons (Fsp3) is 0.889. The summed E-state index contributed by atoms with van der Waals surface area (Å²) in [6.07, 6.45) is 1.31. The fourth-order valence-corrected chi connectivity index (χ4v) is 1.44. The highest BCUT2D eigenvalue weighted by atomic mass is 16.5. The predicted octanol–water partition coefficient (Wildman–Crippen LogP) is -0.253. The number of nitrogens with one attached hydrogen (secondary N) is 2. The second-order valence-electron chi connectivity index (χ2n) is 3.49. The Morgan fingerprint density at radius 1 is 1.69 bits per heavy atom. The number of piperidine rings is 1.